The molecule has 0 saturated carbocycles. The minimum atomic E-state index is -0.966. The van der Waals surface area contributed by atoms with Gasteiger partial charge in [0.05, 0.1) is 23.9 Å². The Kier molecular flexibility index (Phi) is 5.18. The highest BCUT2D eigenvalue weighted by Crippen LogP contribution is 2.34. The maximum Gasteiger partial charge on any atom is 0.263 e. The molecule has 0 radical (unpaired) electrons. The minimum Gasteiger partial charge on any atom is -0.477 e. The van der Waals surface area contributed by atoms with Crippen LogP contribution in [0.5, 0.6) is 5.75 Å². The first-order valence-electron chi connectivity index (χ1n) is 10.3. The van der Waals surface area contributed by atoms with Crippen LogP contribution in [-0.4, -0.2) is 34.0 Å². The van der Waals surface area contributed by atoms with Crippen molar-refractivity contribution in [1.29, 1.82) is 0 Å². The second-order valence-corrected chi connectivity index (χ2v) is 8.71. The van der Waals surface area contributed by atoms with Gasteiger partial charge in [0.15, 0.2) is 6.10 Å². The molecule has 166 valence electrons. The molecule has 0 fully saturated rings. The third-order valence-corrected chi connectivity index (χ3v) is 6.51. The topological polar surface area (TPSA) is 108 Å². The summed E-state index contributed by atoms with van der Waals surface area (Å²) in [7, 11) is 0. The first kappa shape index (κ1) is 20.9. The number of hydrogen-bond acceptors (Lipinski definition) is 6. The van der Waals surface area contributed by atoms with E-state index in [1.165, 1.54) is 27.1 Å². The molecule has 1 atom stereocenters. The molecule has 2 aromatic carbocycles. The molecule has 0 spiro atoms. The number of aromatic nitrogens is 2. The van der Waals surface area contributed by atoms with Gasteiger partial charge in [-0.2, -0.15) is 0 Å². The number of aryl methyl sites for hydroxylation is 1. The fourth-order valence-electron chi connectivity index (χ4n) is 3.88. The van der Waals surface area contributed by atoms with Gasteiger partial charge in [-0.25, -0.2) is 4.98 Å². The number of rotatable bonds is 4. The average Bonchev–Trinajstić information content (AvgIpc) is 3.25. The maximum atomic E-state index is 13.3. The first-order chi connectivity index (χ1) is 15.9. The Labute approximate surface area is 192 Å². The zero-order valence-corrected chi connectivity index (χ0v) is 18.5. The molecular formula is C24H20N4O4S. The van der Waals surface area contributed by atoms with Gasteiger partial charge in [-0.05, 0) is 24.6 Å². The van der Waals surface area contributed by atoms with E-state index in [0.29, 0.717) is 21.7 Å². The molecule has 9 heteroatoms. The molecule has 1 aliphatic heterocycles. The van der Waals surface area contributed by atoms with E-state index in [1.54, 1.807) is 24.3 Å². The van der Waals surface area contributed by atoms with Crippen molar-refractivity contribution in [2.45, 2.75) is 19.6 Å². The fourth-order valence-corrected chi connectivity index (χ4v) is 4.78. The van der Waals surface area contributed by atoms with Gasteiger partial charge in [-0.15, -0.1) is 11.3 Å². The number of nitrogens with two attached hydrogens (primary N) is 1. The number of carbonyl (C=O) groups is 2. The van der Waals surface area contributed by atoms with Crippen LogP contribution in [0.1, 0.15) is 5.56 Å². The normalized spacial score (nSPS) is 15.2. The Morgan fingerprint density at radius 1 is 1.18 bits per heavy atom. The van der Waals surface area contributed by atoms with Crippen LogP contribution < -0.4 is 20.9 Å². The van der Waals surface area contributed by atoms with E-state index in [0.717, 1.165) is 16.7 Å². The van der Waals surface area contributed by atoms with Crippen LogP contribution in [0.3, 0.4) is 0 Å². The molecule has 2 aromatic heterocycles. The first-order valence-corrected chi connectivity index (χ1v) is 11.2. The Morgan fingerprint density at radius 3 is 2.70 bits per heavy atom. The number of primary amides is 1. The lowest BCUT2D eigenvalue weighted by Gasteiger charge is -2.33. The van der Waals surface area contributed by atoms with Gasteiger partial charge in [0, 0.05) is 10.9 Å². The van der Waals surface area contributed by atoms with Crippen molar-refractivity contribution in [1.82, 2.24) is 9.55 Å². The Balaban J connectivity index is 1.51. The summed E-state index contributed by atoms with van der Waals surface area (Å²) in [6.07, 6.45) is 0.418. The van der Waals surface area contributed by atoms with Gasteiger partial charge >= 0.3 is 0 Å². The van der Waals surface area contributed by atoms with Crippen molar-refractivity contribution >= 4 is 39.1 Å². The maximum absolute atomic E-state index is 13.3. The summed E-state index contributed by atoms with van der Waals surface area (Å²) in [6.45, 7) is 1.75. The van der Waals surface area contributed by atoms with Crippen LogP contribution in [0.4, 0.5) is 5.69 Å². The highest BCUT2D eigenvalue weighted by Gasteiger charge is 2.32. The molecule has 0 saturated heterocycles. The molecule has 4 aromatic rings. The van der Waals surface area contributed by atoms with Crippen molar-refractivity contribution in [3.63, 3.8) is 0 Å². The Hall–Kier alpha value is -3.98. The predicted octanol–water partition coefficient (Wildman–Crippen LogP) is 2.71. The van der Waals surface area contributed by atoms with Crippen molar-refractivity contribution in [2.24, 2.45) is 5.73 Å². The summed E-state index contributed by atoms with van der Waals surface area (Å²) in [6, 6.07) is 14.8. The van der Waals surface area contributed by atoms with Crippen LogP contribution in [0.2, 0.25) is 0 Å². The molecule has 3 heterocycles. The van der Waals surface area contributed by atoms with E-state index in [2.05, 4.69) is 4.98 Å². The number of benzene rings is 2. The van der Waals surface area contributed by atoms with E-state index in [9.17, 15) is 14.4 Å². The number of ether oxygens (including phenoxy) is 1. The summed E-state index contributed by atoms with van der Waals surface area (Å²) in [4.78, 5) is 44.8. The monoisotopic (exact) mass is 460 g/mol. The fraction of sp³-hybridized carbons (Fsp3) is 0.167. The number of fused-ring (bicyclic) bond motifs is 2. The van der Waals surface area contributed by atoms with E-state index in [1.807, 2.05) is 36.6 Å². The standard InChI is InChI=1S/C24H20N4O4S/c1-14-6-8-15(9-7-14)16-12-33-23-21(16)24(31)27(13-26-23)11-20(29)28-10-19(22(25)30)32-18-5-3-2-4-17(18)28/h2-9,12-13,19H,10-11H2,1H3,(H2,25,30)/t19-/m1/s1. The summed E-state index contributed by atoms with van der Waals surface area (Å²) < 4.78 is 6.92. The Morgan fingerprint density at radius 2 is 1.94 bits per heavy atom. The second kappa shape index (κ2) is 8.18. The quantitative estimate of drug-likeness (QED) is 0.504. The zero-order valence-electron chi connectivity index (χ0n) is 17.7. The molecular weight excluding hydrogens is 440 g/mol. The summed E-state index contributed by atoms with van der Waals surface area (Å²) in [5.41, 5.74) is 8.50. The lowest BCUT2D eigenvalue weighted by molar-refractivity contribution is -0.125. The molecule has 2 N–H and O–H groups in total. The van der Waals surface area contributed by atoms with Crippen LogP contribution >= 0.6 is 11.3 Å². The molecule has 1 aliphatic rings. The molecule has 2 amide bonds. The average molecular weight is 461 g/mol. The number of anilines is 1. The Bertz CT molecular complexity index is 1440. The number of carbonyl (C=O) groups excluding carboxylic acids is 2. The molecule has 33 heavy (non-hydrogen) atoms. The number of amides is 2. The van der Waals surface area contributed by atoms with Gasteiger partial charge in [-0.3, -0.25) is 19.0 Å². The van der Waals surface area contributed by atoms with Crippen LogP contribution in [0.25, 0.3) is 21.3 Å². The number of para-hydroxylation sites is 2. The molecule has 5 rings (SSSR count). The van der Waals surface area contributed by atoms with Gasteiger partial charge in [-0.1, -0.05) is 42.0 Å². The van der Waals surface area contributed by atoms with Crippen LogP contribution in [0, 0.1) is 6.92 Å². The van der Waals surface area contributed by atoms with Crippen molar-refractivity contribution in [2.75, 3.05) is 11.4 Å². The highest BCUT2D eigenvalue weighted by molar-refractivity contribution is 7.17. The third-order valence-electron chi connectivity index (χ3n) is 5.62. The highest BCUT2D eigenvalue weighted by atomic mass is 32.1. The summed E-state index contributed by atoms with van der Waals surface area (Å²) in [5.74, 6) is -0.641. The van der Waals surface area contributed by atoms with Crippen LogP contribution in [-0.2, 0) is 16.1 Å². The zero-order chi connectivity index (χ0) is 23.1. The summed E-state index contributed by atoms with van der Waals surface area (Å²) >= 11 is 1.39. The van der Waals surface area contributed by atoms with E-state index in [-0.39, 0.29) is 24.6 Å². The predicted molar refractivity (Wildman–Crippen MR) is 126 cm³/mol. The minimum absolute atomic E-state index is 0.0251. The van der Waals surface area contributed by atoms with Crippen molar-refractivity contribution in [3.05, 3.63) is 76.2 Å². The van der Waals surface area contributed by atoms with Gasteiger partial charge < -0.3 is 15.4 Å². The van der Waals surface area contributed by atoms with Gasteiger partial charge in [0.25, 0.3) is 11.5 Å². The molecule has 0 unspecified atom stereocenters. The third kappa shape index (κ3) is 3.76. The van der Waals surface area contributed by atoms with Gasteiger partial charge in [0.1, 0.15) is 17.1 Å². The number of hydrogen-bond donors (Lipinski definition) is 1. The number of nitrogens with zero attached hydrogens (tertiary/aromatic N) is 3. The van der Waals surface area contributed by atoms with Crippen molar-refractivity contribution in [3.8, 4) is 16.9 Å². The second-order valence-electron chi connectivity index (χ2n) is 7.85. The molecule has 0 aliphatic carbocycles. The summed E-state index contributed by atoms with van der Waals surface area (Å²) in [5, 5.41) is 2.39. The van der Waals surface area contributed by atoms with E-state index >= 15 is 0 Å². The van der Waals surface area contributed by atoms with Crippen molar-refractivity contribution < 1.29 is 14.3 Å². The van der Waals surface area contributed by atoms with E-state index < -0.39 is 12.0 Å². The SMILES string of the molecule is Cc1ccc(-c2csc3ncn(CC(=O)N4C[C@H](C(N)=O)Oc5ccccc54)c(=O)c23)cc1. The lowest BCUT2D eigenvalue weighted by atomic mass is 10.1. The van der Waals surface area contributed by atoms with Gasteiger partial charge in [0.2, 0.25) is 5.91 Å². The smallest absolute Gasteiger partial charge is 0.263 e. The molecule has 0 bridgehead atoms. The van der Waals surface area contributed by atoms with E-state index in [4.69, 9.17) is 10.5 Å². The van der Waals surface area contributed by atoms with Crippen LogP contribution in [0.15, 0.2) is 65.0 Å². The molecule has 8 nitrogen and oxygen atoms in total. The lowest BCUT2D eigenvalue weighted by Crippen LogP contribution is -2.50. The number of thiophene rings is 1. The largest absolute Gasteiger partial charge is 0.477 e.